The van der Waals surface area contributed by atoms with Gasteiger partial charge in [-0.25, -0.2) is 4.98 Å². The van der Waals surface area contributed by atoms with Crippen molar-refractivity contribution in [1.82, 2.24) is 4.98 Å². The van der Waals surface area contributed by atoms with Gasteiger partial charge in [-0.3, -0.25) is 0 Å². The maximum atomic E-state index is 6.93. The molecule has 0 saturated carbocycles. The second-order valence-electron chi connectivity index (χ2n) is 8.58. The van der Waals surface area contributed by atoms with Gasteiger partial charge in [0.2, 0.25) is 0 Å². The molecule has 3 heterocycles. The molecule has 2 saturated heterocycles. The first-order valence-electron chi connectivity index (χ1n) is 10.4. The molecule has 1 aromatic heterocycles. The molecule has 8 heteroatoms. The van der Waals surface area contributed by atoms with E-state index >= 15 is 0 Å². The smallest absolute Gasteiger partial charge is 0.193 e. The quantitative estimate of drug-likeness (QED) is 0.549. The van der Waals surface area contributed by atoms with Crippen LogP contribution in [0.1, 0.15) is 59.6 Å². The average molecular weight is 430 g/mol. The number of hydrogen-bond donors (Lipinski definition) is 0. The van der Waals surface area contributed by atoms with E-state index in [9.17, 15) is 0 Å². The summed E-state index contributed by atoms with van der Waals surface area (Å²) in [5, 5.41) is 2.94. The molecule has 0 amide bonds. The molecule has 2 aliphatic rings. The summed E-state index contributed by atoms with van der Waals surface area (Å²) in [4.78, 5) is 4.59. The number of nitrogens with zero attached hydrogens (tertiary/aromatic N) is 1. The standard InChI is InChI=1S/C20H35NO5SSi/c1-8-28(9-2,10-3)26-17(18-21-11-12-27-18)16-15(24-20(6,7)25-16)14-13-22-19(4,5)23-14/h11-12,14-17H,8-10,13H2,1-7H3/t14-,15+,16-,17-/m0/s1. The van der Waals surface area contributed by atoms with Crippen LogP contribution in [-0.4, -0.2) is 49.8 Å². The Morgan fingerprint density at radius 1 is 1.11 bits per heavy atom. The number of thiazole rings is 1. The second kappa shape index (κ2) is 8.41. The van der Waals surface area contributed by atoms with E-state index in [2.05, 4.69) is 25.8 Å². The molecule has 0 aromatic carbocycles. The van der Waals surface area contributed by atoms with E-state index in [4.69, 9.17) is 23.4 Å². The van der Waals surface area contributed by atoms with E-state index in [1.165, 1.54) is 0 Å². The van der Waals surface area contributed by atoms with Gasteiger partial charge in [0, 0.05) is 11.6 Å². The minimum absolute atomic E-state index is 0.200. The van der Waals surface area contributed by atoms with E-state index in [0.717, 1.165) is 23.1 Å². The van der Waals surface area contributed by atoms with E-state index in [-0.39, 0.29) is 24.4 Å². The molecule has 3 rings (SSSR count). The van der Waals surface area contributed by atoms with Crippen LogP contribution < -0.4 is 0 Å². The summed E-state index contributed by atoms with van der Waals surface area (Å²) in [6.45, 7) is 15.0. The Kier molecular flexibility index (Phi) is 6.71. The van der Waals surface area contributed by atoms with Crippen LogP contribution in [0.15, 0.2) is 11.6 Å². The third kappa shape index (κ3) is 4.69. The average Bonchev–Trinajstić information content (AvgIpc) is 3.36. The number of rotatable bonds is 8. The number of aromatic nitrogens is 1. The molecule has 0 spiro atoms. The van der Waals surface area contributed by atoms with Crippen molar-refractivity contribution in [2.75, 3.05) is 6.61 Å². The van der Waals surface area contributed by atoms with Gasteiger partial charge in [-0.15, -0.1) is 11.3 Å². The zero-order valence-corrected chi connectivity index (χ0v) is 20.0. The lowest BCUT2D eigenvalue weighted by Gasteiger charge is -2.36. The summed E-state index contributed by atoms with van der Waals surface area (Å²) in [5.74, 6) is -1.32. The summed E-state index contributed by atoms with van der Waals surface area (Å²) in [5.41, 5.74) is 0. The third-order valence-corrected chi connectivity index (χ3v) is 11.3. The monoisotopic (exact) mass is 429 g/mol. The molecule has 2 fully saturated rings. The van der Waals surface area contributed by atoms with Gasteiger partial charge < -0.3 is 23.4 Å². The van der Waals surface area contributed by atoms with Gasteiger partial charge >= 0.3 is 0 Å². The molecule has 28 heavy (non-hydrogen) atoms. The largest absolute Gasteiger partial charge is 0.405 e. The van der Waals surface area contributed by atoms with Gasteiger partial charge in [0.25, 0.3) is 0 Å². The highest BCUT2D eigenvalue weighted by molar-refractivity contribution is 7.09. The molecule has 0 aliphatic carbocycles. The molecule has 6 nitrogen and oxygen atoms in total. The Bertz CT molecular complexity index is 626. The molecule has 4 atom stereocenters. The lowest BCUT2D eigenvalue weighted by Crippen LogP contribution is -2.46. The van der Waals surface area contributed by atoms with Crippen LogP contribution in [0.3, 0.4) is 0 Å². The molecule has 0 N–H and O–H groups in total. The van der Waals surface area contributed by atoms with Crippen LogP contribution in [0.25, 0.3) is 0 Å². The Morgan fingerprint density at radius 2 is 1.79 bits per heavy atom. The molecular weight excluding hydrogens is 394 g/mol. The fourth-order valence-electron chi connectivity index (χ4n) is 4.12. The van der Waals surface area contributed by atoms with Gasteiger partial charge in [-0.2, -0.15) is 0 Å². The van der Waals surface area contributed by atoms with E-state index in [1.54, 1.807) is 11.3 Å². The third-order valence-electron chi connectivity index (χ3n) is 5.86. The predicted octanol–water partition coefficient (Wildman–Crippen LogP) is 4.88. The van der Waals surface area contributed by atoms with Crippen molar-refractivity contribution in [2.24, 2.45) is 0 Å². The van der Waals surface area contributed by atoms with Crippen molar-refractivity contribution in [3.8, 4) is 0 Å². The fourth-order valence-corrected chi connectivity index (χ4v) is 7.69. The Labute approximate surface area is 174 Å². The lowest BCUT2D eigenvalue weighted by molar-refractivity contribution is -0.175. The topological polar surface area (TPSA) is 59.0 Å². The summed E-state index contributed by atoms with van der Waals surface area (Å²) in [7, 11) is -1.89. The van der Waals surface area contributed by atoms with Crippen molar-refractivity contribution in [3.05, 3.63) is 16.6 Å². The second-order valence-corrected chi connectivity index (χ2v) is 14.2. The molecule has 160 valence electrons. The molecular formula is C20H35NO5SSi. The highest BCUT2D eigenvalue weighted by atomic mass is 32.1. The van der Waals surface area contributed by atoms with Gasteiger partial charge in [0.1, 0.15) is 29.4 Å². The minimum Gasteiger partial charge on any atom is -0.405 e. The summed E-state index contributed by atoms with van der Waals surface area (Å²) >= 11 is 1.61. The predicted molar refractivity (Wildman–Crippen MR) is 112 cm³/mol. The van der Waals surface area contributed by atoms with Gasteiger partial charge in [-0.1, -0.05) is 20.8 Å². The molecule has 0 bridgehead atoms. The van der Waals surface area contributed by atoms with Gasteiger partial charge in [-0.05, 0) is 45.8 Å². The van der Waals surface area contributed by atoms with E-state index in [0.29, 0.717) is 6.61 Å². The Balaban J connectivity index is 1.93. The van der Waals surface area contributed by atoms with Crippen LogP contribution in [-0.2, 0) is 23.4 Å². The van der Waals surface area contributed by atoms with Crippen LogP contribution in [0.2, 0.25) is 18.1 Å². The molecule has 2 aliphatic heterocycles. The Morgan fingerprint density at radius 3 is 2.29 bits per heavy atom. The van der Waals surface area contributed by atoms with Crippen molar-refractivity contribution in [3.63, 3.8) is 0 Å². The first-order valence-corrected chi connectivity index (χ1v) is 13.8. The number of ether oxygens (including phenoxy) is 4. The SMILES string of the molecule is CC[Si](CC)(CC)O[C@H](c1nccs1)[C@H]1OC(C)(C)O[C@@H]1[C@@H]1COC(C)(C)O1. The summed E-state index contributed by atoms with van der Waals surface area (Å²) in [6.07, 6.45) is 0.806. The van der Waals surface area contributed by atoms with Gasteiger partial charge in [0.05, 0.1) is 6.61 Å². The zero-order chi connectivity index (χ0) is 20.6. The normalized spacial score (nSPS) is 30.6. The zero-order valence-electron chi connectivity index (χ0n) is 18.2. The van der Waals surface area contributed by atoms with Crippen molar-refractivity contribution < 1.29 is 23.4 Å². The minimum atomic E-state index is -1.89. The van der Waals surface area contributed by atoms with Crippen molar-refractivity contribution in [1.29, 1.82) is 0 Å². The maximum Gasteiger partial charge on any atom is 0.193 e. The van der Waals surface area contributed by atoms with E-state index in [1.807, 2.05) is 39.3 Å². The molecule has 0 unspecified atom stereocenters. The maximum absolute atomic E-state index is 6.93. The molecule has 0 radical (unpaired) electrons. The highest BCUT2D eigenvalue weighted by Crippen LogP contribution is 2.44. The lowest BCUT2D eigenvalue weighted by atomic mass is 10.0. The number of hydrogen-bond acceptors (Lipinski definition) is 7. The fraction of sp³-hybridized carbons (Fsp3) is 0.850. The summed E-state index contributed by atoms with van der Waals surface area (Å²) < 4.78 is 31.6. The van der Waals surface area contributed by atoms with Gasteiger partial charge in [0.15, 0.2) is 19.9 Å². The first-order chi connectivity index (χ1) is 13.1. The van der Waals surface area contributed by atoms with Crippen molar-refractivity contribution >= 4 is 19.7 Å². The highest BCUT2D eigenvalue weighted by Gasteiger charge is 2.54. The van der Waals surface area contributed by atoms with Crippen LogP contribution >= 0.6 is 11.3 Å². The van der Waals surface area contributed by atoms with E-state index < -0.39 is 19.9 Å². The van der Waals surface area contributed by atoms with Crippen LogP contribution in [0.5, 0.6) is 0 Å². The van der Waals surface area contributed by atoms with Crippen molar-refractivity contribution in [2.45, 2.75) is 103 Å². The summed E-state index contributed by atoms with van der Waals surface area (Å²) in [6, 6.07) is 3.21. The van der Waals surface area contributed by atoms with Crippen LogP contribution in [0.4, 0.5) is 0 Å². The van der Waals surface area contributed by atoms with Crippen LogP contribution in [0, 0.1) is 0 Å². The molecule has 1 aromatic rings. The first kappa shape index (κ1) is 22.3. The Hall–Kier alpha value is -0.353.